The fourth-order valence-electron chi connectivity index (χ4n) is 3.26. The lowest BCUT2D eigenvalue weighted by molar-refractivity contribution is -0.0364. The average molecular weight is 394 g/mol. The van der Waals surface area contributed by atoms with Crippen molar-refractivity contribution in [1.82, 2.24) is 4.90 Å². The molecule has 0 aliphatic carbocycles. The molecule has 1 aliphatic rings. The van der Waals surface area contributed by atoms with Gasteiger partial charge in [0.05, 0.1) is 10.6 Å². The van der Waals surface area contributed by atoms with Crippen molar-refractivity contribution < 1.29 is 14.3 Å². The van der Waals surface area contributed by atoms with Gasteiger partial charge in [-0.05, 0) is 38.6 Å². The number of ether oxygens (including phenoxy) is 1. The number of likely N-dealkylation sites (tertiary alicyclic amines) is 1. The molecule has 0 bridgehead atoms. The van der Waals surface area contributed by atoms with Gasteiger partial charge in [-0.3, -0.25) is 4.79 Å². The van der Waals surface area contributed by atoms with Crippen LogP contribution in [0.3, 0.4) is 0 Å². The second-order valence-corrected chi connectivity index (χ2v) is 6.81. The van der Waals surface area contributed by atoms with E-state index in [1.807, 2.05) is 30.1 Å². The number of halogens is 2. The number of rotatable bonds is 4. The monoisotopic (exact) mass is 393 g/mol. The summed E-state index contributed by atoms with van der Waals surface area (Å²) < 4.78 is 5.82. The number of carbonyl (C=O) groups is 2. The van der Waals surface area contributed by atoms with Crippen LogP contribution in [0.2, 0.25) is 5.02 Å². The molecule has 2 aromatic rings. The predicted molar refractivity (Wildman–Crippen MR) is 104 cm³/mol. The molecule has 26 heavy (non-hydrogen) atoms. The van der Waals surface area contributed by atoms with Crippen LogP contribution in [0.5, 0.6) is 0 Å². The Hall–Kier alpha value is -1.88. The summed E-state index contributed by atoms with van der Waals surface area (Å²) in [5, 5.41) is 0.318. The molecule has 0 spiro atoms. The van der Waals surface area contributed by atoms with E-state index in [2.05, 4.69) is 0 Å². The smallest absolute Gasteiger partial charge is 0.340 e. The van der Waals surface area contributed by atoms with E-state index in [1.54, 1.807) is 36.4 Å². The second kappa shape index (κ2) is 8.67. The number of hydrogen-bond donors (Lipinski definition) is 0. The van der Waals surface area contributed by atoms with Crippen molar-refractivity contribution in [3.63, 3.8) is 0 Å². The van der Waals surface area contributed by atoms with Crippen molar-refractivity contribution in [2.75, 3.05) is 20.1 Å². The highest BCUT2D eigenvalue weighted by atomic mass is 35.5. The molecule has 0 amide bonds. The van der Waals surface area contributed by atoms with Gasteiger partial charge in [0.2, 0.25) is 5.78 Å². The molecule has 138 valence electrons. The number of esters is 1. The van der Waals surface area contributed by atoms with Crippen LogP contribution >= 0.6 is 24.0 Å². The van der Waals surface area contributed by atoms with Crippen molar-refractivity contribution in [1.29, 1.82) is 0 Å². The lowest BCUT2D eigenvalue weighted by atomic mass is 9.85. The van der Waals surface area contributed by atoms with Crippen molar-refractivity contribution in [2.24, 2.45) is 0 Å². The van der Waals surface area contributed by atoms with Crippen LogP contribution in [0.15, 0.2) is 54.6 Å². The Bertz CT molecular complexity index is 782. The van der Waals surface area contributed by atoms with E-state index in [1.165, 1.54) is 0 Å². The van der Waals surface area contributed by atoms with Gasteiger partial charge in [-0.25, -0.2) is 4.79 Å². The predicted octanol–water partition coefficient (Wildman–Crippen LogP) is 4.27. The molecule has 0 aromatic heterocycles. The summed E-state index contributed by atoms with van der Waals surface area (Å²) in [5.74, 6) is -0.731. The standard InChI is InChI=1S/C20H20ClNO3.ClH/c1-22-13-7-12-20(14-22,18(23)15-8-3-2-4-9-15)25-19(24)16-10-5-6-11-17(16)21;/h2-6,8-11H,7,12-14H2,1H3;1H. The van der Waals surface area contributed by atoms with Crippen LogP contribution in [-0.4, -0.2) is 42.4 Å². The average Bonchev–Trinajstić information content (AvgIpc) is 2.62. The molecule has 1 fully saturated rings. The normalized spacial score (nSPS) is 20.1. The molecule has 6 heteroatoms. The third-order valence-corrected chi connectivity index (χ3v) is 4.81. The van der Waals surface area contributed by atoms with E-state index >= 15 is 0 Å². The van der Waals surface area contributed by atoms with Gasteiger partial charge in [0.25, 0.3) is 0 Å². The SMILES string of the molecule is CN1CCCC(OC(=O)c2ccccc2Cl)(C(=O)c2ccccc2)C1.Cl. The van der Waals surface area contributed by atoms with Gasteiger partial charge in [0, 0.05) is 12.1 Å². The quantitative estimate of drug-likeness (QED) is 0.574. The minimum absolute atomic E-state index is 0. The molecule has 1 aliphatic heterocycles. The molecule has 2 aromatic carbocycles. The Labute approximate surface area is 164 Å². The number of benzene rings is 2. The Kier molecular flexibility index (Phi) is 6.81. The third-order valence-electron chi connectivity index (χ3n) is 4.48. The zero-order valence-electron chi connectivity index (χ0n) is 14.5. The number of carbonyl (C=O) groups excluding carboxylic acids is 2. The number of nitrogens with zero attached hydrogens (tertiary/aromatic N) is 1. The summed E-state index contributed by atoms with van der Waals surface area (Å²) in [6.07, 6.45) is 1.28. The molecular weight excluding hydrogens is 373 g/mol. The van der Waals surface area contributed by atoms with Gasteiger partial charge in [0.15, 0.2) is 5.60 Å². The highest BCUT2D eigenvalue weighted by Crippen LogP contribution is 2.30. The molecule has 0 radical (unpaired) electrons. The van der Waals surface area contributed by atoms with E-state index in [-0.39, 0.29) is 23.8 Å². The summed E-state index contributed by atoms with van der Waals surface area (Å²) in [6, 6.07) is 15.7. The zero-order valence-corrected chi connectivity index (χ0v) is 16.1. The van der Waals surface area contributed by atoms with Crippen molar-refractivity contribution in [2.45, 2.75) is 18.4 Å². The van der Waals surface area contributed by atoms with Crippen molar-refractivity contribution in [3.05, 3.63) is 70.7 Å². The number of likely N-dealkylation sites (N-methyl/N-ethyl adjacent to an activating group) is 1. The van der Waals surface area contributed by atoms with E-state index < -0.39 is 11.6 Å². The highest BCUT2D eigenvalue weighted by Gasteiger charge is 2.45. The number of ketones is 1. The summed E-state index contributed by atoms with van der Waals surface area (Å²) in [4.78, 5) is 27.9. The van der Waals surface area contributed by atoms with Gasteiger partial charge in [0.1, 0.15) is 0 Å². The lowest BCUT2D eigenvalue weighted by Crippen LogP contribution is -2.54. The van der Waals surface area contributed by atoms with E-state index in [0.717, 1.165) is 13.0 Å². The molecule has 0 N–H and O–H groups in total. The Morgan fingerprint density at radius 1 is 1.08 bits per heavy atom. The lowest BCUT2D eigenvalue weighted by Gasteiger charge is -2.39. The van der Waals surface area contributed by atoms with Crippen molar-refractivity contribution >= 4 is 35.8 Å². The van der Waals surface area contributed by atoms with Crippen LogP contribution in [0, 0.1) is 0 Å². The summed E-state index contributed by atoms with van der Waals surface area (Å²) >= 11 is 6.11. The molecule has 4 nitrogen and oxygen atoms in total. The first-order chi connectivity index (χ1) is 12.0. The first kappa shape index (κ1) is 20.4. The second-order valence-electron chi connectivity index (χ2n) is 6.40. The maximum atomic E-state index is 13.2. The molecule has 3 rings (SSSR count). The molecule has 1 saturated heterocycles. The largest absolute Gasteiger partial charge is 0.446 e. The van der Waals surface area contributed by atoms with Gasteiger partial charge in [-0.1, -0.05) is 54.1 Å². The fourth-order valence-corrected chi connectivity index (χ4v) is 3.47. The Balaban J connectivity index is 0.00000243. The van der Waals surface area contributed by atoms with Crippen LogP contribution in [-0.2, 0) is 4.74 Å². The van der Waals surface area contributed by atoms with Gasteiger partial charge in [-0.15, -0.1) is 12.4 Å². The minimum Gasteiger partial charge on any atom is -0.446 e. The minimum atomic E-state index is -1.19. The molecule has 1 atom stereocenters. The number of piperidine rings is 1. The van der Waals surface area contributed by atoms with Gasteiger partial charge in [-0.2, -0.15) is 0 Å². The fraction of sp³-hybridized carbons (Fsp3) is 0.300. The number of Topliss-reactive ketones (excluding diaryl/α,β-unsaturated/α-hetero) is 1. The van der Waals surface area contributed by atoms with Crippen LogP contribution < -0.4 is 0 Å². The Morgan fingerprint density at radius 3 is 2.38 bits per heavy atom. The maximum absolute atomic E-state index is 13.2. The summed E-state index contributed by atoms with van der Waals surface area (Å²) in [6.45, 7) is 1.24. The Morgan fingerprint density at radius 2 is 1.73 bits per heavy atom. The van der Waals surface area contributed by atoms with E-state index in [9.17, 15) is 9.59 Å². The first-order valence-electron chi connectivity index (χ1n) is 8.28. The van der Waals surface area contributed by atoms with E-state index in [0.29, 0.717) is 23.6 Å². The van der Waals surface area contributed by atoms with Gasteiger partial charge >= 0.3 is 5.97 Å². The molecule has 0 saturated carbocycles. The molecular formula is C20H21Cl2NO3. The topological polar surface area (TPSA) is 46.6 Å². The van der Waals surface area contributed by atoms with Crippen LogP contribution in [0.1, 0.15) is 33.6 Å². The summed E-state index contributed by atoms with van der Waals surface area (Å²) in [5.41, 5.74) is -0.368. The first-order valence-corrected chi connectivity index (χ1v) is 8.66. The van der Waals surface area contributed by atoms with Crippen molar-refractivity contribution in [3.8, 4) is 0 Å². The number of hydrogen-bond acceptors (Lipinski definition) is 4. The zero-order chi connectivity index (χ0) is 17.9. The maximum Gasteiger partial charge on any atom is 0.340 e. The third kappa shape index (κ3) is 4.26. The van der Waals surface area contributed by atoms with Gasteiger partial charge < -0.3 is 9.64 Å². The molecule has 1 unspecified atom stereocenters. The van der Waals surface area contributed by atoms with Crippen LogP contribution in [0.25, 0.3) is 0 Å². The van der Waals surface area contributed by atoms with E-state index in [4.69, 9.17) is 16.3 Å². The summed E-state index contributed by atoms with van der Waals surface area (Å²) in [7, 11) is 1.93. The highest BCUT2D eigenvalue weighted by molar-refractivity contribution is 6.33. The molecule has 1 heterocycles. The van der Waals surface area contributed by atoms with Crippen LogP contribution in [0.4, 0.5) is 0 Å².